The van der Waals surface area contributed by atoms with Gasteiger partial charge in [0.15, 0.2) is 6.10 Å². The van der Waals surface area contributed by atoms with E-state index in [0.717, 1.165) is 5.69 Å². The SMILES string of the molecule is COc1cnc(C)cc1C(=O)N1CCOC(C(=O)N(C)C)C1. The highest BCUT2D eigenvalue weighted by Crippen LogP contribution is 2.21. The second kappa shape index (κ2) is 6.74. The molecule has 1 saturated heterocycles. The molecule has 0 radical (unpaired) electrons. The first kappa shape index (κ1) is 16.2. The van der Waals surface area contributed by atoms with Gasteiger partial charge in [-0.25, -0.2) is 0 Å². The molecule has 120 valence electrons. The summed E-state index contributed by atoms with van der Waals surface area (Å²) in [5.74, 6) is 0.107. The number of carbonyl (C=O) groups is 2. The van der Waals surface area contributed by atoms with Crippen LogP contribution in [0.4, 0.5) is 0 Å². The van der Waals surface area contributed by atoms with Crippen molar-refractivity contribution < 1.29 is 19.1 Å². The van der Waals surface area contributed by atoms with E-state index in [1.54, 1.807) is 25.1 Å². The van der Waals surface area contributed by atoms with Crippen LogP contribution in [0.1, 0.15) is 16.1 Å². The first-order chi connectivity index (χ1) is 10.4. The fourth-order valence-electron chi connectivity index (χ4n) is 2.32. The Morgan fingerprint density at radius 1 is 1.45 bits per heavy atom. The van der Waals surface area contributed by atoms with Crippen LogP contribution in [0.5, 0.6) is 5.75 Å². The van der Waals surface area contributed by atoms with Crippen LogP contribution in [0.25, 0.3) is 0 Å². The smallest absolute Gasteiger partial charge is 0.257 e. The first-order valence-corrected chi connectivity index (χ1v) is 7.06. The van der Waals surface area contributed by atoms with Gasteiger partial charge < -0.3 is 19.3 Å². The van der Waals surface area contributed by atoms with E-state index in [-0.39, 0.29) is 18.4 Å². The third kappa shape index (κ3) is 3.36. The molecule has 1 aromatic heterocycles. The summed E-state index contributed by atoms with van der Waals surface area (Å²) in [6.45, 7) is 2.83. The lowest BCUT2D eigenvalue weighted by Gasteiger charge is -2.33. The summed E-state index contributed by atoms with van der Waals surface area (Å²) < 4.78 is 10.7. The number of ether oxygens (including phenoxy) is 2. The minimum absolute atomic E-state index is 0.143. The number of morpholine rings is 1. The van der Waals surface area contributed by atoms with Gasteiger partial charge in [0.05, 0.1) is 32.0 Å². The molecule has 0 spiro atoms. The van der Waals surface area contributed by atoms with Crippen molar-refractivity contribution in [3.63, 3.8) is 0 Å². The number of nitrogens with zero attached hydrogens (tertiary/aromatic N) is 3. The van der Waals surface area contributed by atoms with E-state index >= 15 is 0 Å². The molecule has 1 aliphatic heterocycles. The standard InChI is InChI=1S/C15H21N3O4/c1-10-7-11(12(21-4)8-16-10)14(19)18-5-6-22-13(9-18)15(20)17(2)3/h7-8,13H,5-6,9H2,1-4H3. The van der Waals surface area contributed by atoms with Gasteiger partial charge >= 0.3 is 0 Å². The molecule has 2 heterocycles. The number of aryl methyl sites for hydroxylation is 1. The summed E-state index contributed by atoms with van der Waals surface area (Å²) in [7, 11) is 4.84. The maximum absolute atomic E-state index is 12.7. The molecule has 7 nitrogen and oxygen atoms in total. The van der Waals surface area contributed by atoms with Crippen molar-refractivity contribution in [2.24, 2.45) is 0 Å². The van der Waals surface area contributed by atoms with Crippen molar-refractivity contribution in [3.8, 4) is 5.75 Å². The van der Waals surface area contributed by atoms with Gasteiger partial charge in [0.2, 0.25) is 0 Å². The lowest BCUT2D eigenvalue weighted by Crippen LogP contribution is -2.51. The molecule has 22 heavy (non-hydrogen) atoms. The second-order valence-electron chi connectivity index (χ2n) is 5.37. The maximum Gasteiger partial charge on any atom is 0.257 e. The van der Waals surface area contributed by atoms with E-state index in [1.807, 2.05) is 6.92 Å². The van der Waals surface area contributed by atoms with Crippen molar-refractivity contribution in [2.45, 2.75) is 13.0 Å². The molecule has 7 heteroatoms. The van der Waals surface area contributed by atoms with Gasteiger partial charge in [-0.2, -0.15) is 0 Å². The zero-order valence-corrected chi connectivity index (χ0v) is 13.3. The Morgan fingerprint density at radius 3 is 2.82 bits per heavy atom. The van der Waals surface area contributed by atoms with Crippen LogP contribution in [-0.4, -0.2) is 73.6 Å². The molecular weight excluding hydrogens is 286 g/mol. The number of pyridine rings is 1. The number of hydrogen-bond acceptors (Lipinski definition) is 5. The van der Waals surface area contributed by atoms with E-state index in [0.29, 0.717) is 24.5 Å². The van der Waals surface area contributed by atoms with Crippen LogP contribution in [0.2, 0.25) is 0 Å². The van der Waals surface area contributed by atoms with Gasteiger partial charge in [0, 0.05) is 26.3 Å². The molecule has 2 rings (SSSR count). The van der Waals surface area contributed by atoms with Gasteiger partial charge in [-0.1, -0.05) is 0 Å². The Balaban J connectivity index is 2.19. The minimum atomic E-state index is -0.623. The molecule has 0 saturated carbocycles. The molecular formula is C15H21N3O4. The number of methoxy groups -OCH3 is 1. The Morgan fingerprint density at radius 2 is 2.18 bits per heavy atom. The molecule has 2 amide bonds. The molecule has 1 atom stereocenters. The average Bonchev–Trinajstić information content (AvgIpc) is 2.53. The first-order valence-electron chi connectivity index (χ1n) is 7.06. The van der Waals surface area contributed by atoms with Gasteiger partial charge in [-0.3, -0.25) is 14.6 Å². The lowest BCUT2D eigenvalue weighted by molar-refractivity contribution is -0.145. The molecule has 1 aliphatic rings. The minimum Gasteiger partial charge on any atom is -0.494 e. The average molecular weight is 307 g/mol. The summed E-state index contributed by atoms with van der Waals surface area (Å²) in [5.41, 5.74) is 1.19. The summed E-state index contributed by atoms with van der Waals surface area (Å²) >= 11 is 0. The fraction of sp³-hybridized carbons (Fsp3) is 0.533. The van der Waals surface area contributed by atoms with Gasteiger partial charge in [0.1, 0.15) is 5.75 Å². The quantitative estimate of drug-likeness (QED) is 0.804. The van der Waals surface area contributed by atoms with Crippen LogP contribution in [0, 0.1) is 6.92 Å². The Kier molecular flexibility index (Phi) is 4.97. The molecule has 0 bridgehead atoms. The normalized spacial score (nSPS) is 18.0. The van der Waals surface area contributed by atoms with E-state index in [2.05, 4.69) is 4.98 Å². The van der Waals surface area contributed by atoms with Crippen molar-refractivity contribution in [2.75, 3.05) is 40.9 Å². The van der Waals surface area contributed by atoms with Crippen LogP contribution < -0.4 is 4.74 Å². The number of amides is 2. The third-order valence-electron chi connectivity index (χ3n) is 3.52. The number of likely N-dealkylation sites (N-methyl/N-ethyl adjacent to an activating group) is 1. The lowest BCUT2D eigenvalue weighted by atomic mass is 10.1. The summed E-state index contributed by atoms with van der Waals surface area (Å²) in [6.07, 6.45) is 0.910. The van der Waals surface area contributed by atoms with Crippen molar-refractivity contribution in [1.82, 2.24) is 14.8 Å². The number of aromatic nitrogens is 1. The van der Waals surface area contributed by atoms with Crippen LogP contribution in [-0.2, 0) is 9.53 Å². The van der Waals surface area contributed by atoms with Crippen molar-refractivity contribution in [3.05, 3.63) is 23.5 Å². The molecule has 1 unspecified atom stereocenters. The Labute approximate surface area is 129 Å². The van der Waals surface area contributed by atoms with Crippen molar-refractivity contribution in [1.29, 1.82) is 0 Å². The maximum atomic E-state index is 12.7. The highest BCUT2D eigenvalue weighted by atomic mass is 16.5. The monoisotopic (exact) mass is 307 g/mol. The largest absolute Gasteiger partial charge is 0.494 e. The van der Waals surface area contributed by atoms with E-state index < -0.39 is 6.10 Å². The highest BCUT2D eigenvalue weighted by molar-refractivity contribution is 5.97. The van der Waals surface area contributed by atoms with E-state index in [4.69, 9.17) is 9.47 Å². The number of hydrogen-bond donors (Lipinski definition) is 0. The number of rotatable bonds is 3. The van der Waals surface area contributed by atoms with Crippen LogP contribution in [0.15, 0.2) is 12.3 Å². The molecule has 0 N–H and O–H groups in total. The second-order valence-corrected chi connectivity index (χ2v) is 5.37. The zero-order chi connectivity index (χ0) is 16.3. The topological polar surface area (TPSA) is 72.0 Å². The zero-order valence-electron chi connectivity index (χ0n) is 13.3. The molecule has 0 aromatic carbocycles. The molecule has 0 aliphatic carbocycles. The fourth-order valence-corrected chi connectivity index (χ4v) is 2.32. The molecule has 1 fully saturated rings. The van der Waals surface area contributed by atoms with Crippen molar-refractivity contribution >= 4 is 11.8 Å². The van der Waals surface area contributed by atoms with E-state index in [9.17, 15) is 9.59 Å². The van der Waals surface area contributed by atoms with Crippen LogP contribution >= 0.6 is 0 Å². The van der Waals surface area contributed by atoms with Gasteiger partial charge in [-0.15, -0.1) is 0 Å². The predicted octanol–water partition coefficient (Wildman–Crippen LogP) is 0.328. The molecule has 1 aromatic rings. The Bertz CT molecular complexity index is 574. The van der Waals surface area contributed by atoms with Gasteiger partial charge in [0.25, 0.3) is 11.8 Å². The third-order valence-corrected chi connectivity index (χ3v) is 3.52. The summed E-state index contributed by atoms with van der Waals surface area (Å²) in [6, 6.07) is 1.69. The highest BCUT2D eigenvalue weighted by Gasteiger charge is 2.31. The number of carbonyl (C=O) groups excluding carboxylic acids is 2. The summed E-state index contributed by atoms with van der Waals surface area (Å²) in [5, 5.41) is 0. The van der Waals surface area contributed by atoms with Crippen LogP contribution in [0.3, 0.4) is 0 Å². The van der Waals surface area contributed by atoms with E-state index in [1.165, 1.54) is 18.2 Å². The summed E-state index contributed by atoms with van der Waals surface area (Å²) in [4.78, 5) is 31.9. The van der Waals surface area contributed by atoms with Gasteiger partial charge in [-0.05, 0) is 13.0 Å². The Hall–Kier alpha value is -2.15. The predicted molar refractivity (Wildman–Crippen MR) is 79.9 cm³/mol.